The largest absolute Gasteiger partial charge is 0.494 e. The number of aliphatic hydroxyl groups is 1. The Balaban J connectivity index is 2.68. The van der Waals surface area contributed by atoms with Crippen LogP contribution in [0.15, 0.2) is 24.3 Å². The Hall–Kier alpha value is -1.02. The van der Waals surface area contributed by atoms with Crippen LogP contribution in [0, 0.1) is 0 Å². The Kier molecular flexibility index (Phi) is 5.19. The Morgan fingerprint density at radius 3 is 2.33 bits per heavy atom. The van der Waals surface area contributed by atoms with Crippen molar-refractivity contribution in [3.63, 3.8) is 0 Å². The predicted molar refractivity (Wildman–Crippen MR) is 62.3 cm³/mol. The van der Waals surface area contributed by atoms with E-state index in [1.807, 2.05) is 31.2 Å². The van der Waals surface area contributed by atoms with Crippen molar-refractivity contribution >= 4 is 0 Å². The van der Waals surface area contributed by atoms with Crippen molar-refractivity contribution in [3.05, 3.63) is 29.8 Å². The summed E-state index contributed by atoms with van der Waals surface area (Å²) in [5, 5.41) is 9.25. The quantitative estimate of drug-likeness (QED) is 0.778. The molecule has 84 valence electrons. The van der Waals surface area contributed by atoms with E-state index in [4.69, 9.17) is 4.74 Å². The molecular formula is C13H20O2. The molecule has 0 aliphatic carbocycles. The first-order valence-corrected chi connectivity index (χ1v) is 5.65. The molecule has 1 atom stereocenters. The maximum Gasteiger partial charge on any atom is 0.119 e. The van der Waals surface area contributed by atoms with Crippen LogP contribution in [-0.4, -0.2) is 18.3 Å². The van der Waals surface area contributed by atoms with Gasteiger partial charge >= 0.3 is 0 Å². The zero-order valence-corrected chi connectivity index (χ0v) is 9.57. The van der Waals surface area contributed by atoms with E-state index >= 15 is 0 Å². The molecule has 0 spiro atoms. The first-order valence-electron chi connectivity index (χ1n) is 5.65. The highest BCUT2D eigenvalue weighted by atomic mass is 16.5. The van der Waals surface area contributed by atoms with E-state index in [0.717, 1.165) is 18.6 Å². The number of rotatable bonds is 6. The summed E-state index contributed by atoms with van der Waals surface area (Å²) in [6, 6.07) is 8.03. The maximum absolute atomic E-state index is 9.25. The summed E-state index contributed by atoms with van der Waals surface area (Å²) in [4.78, 5) is 0. The fraction of sp³-hybridized carbons (Fsp3) is 0.538. The third kappa shape index (κ3) is 3.56. The molecule has 0 aliphatic heterocycles. The molecule has 0 fully saturated rings. The van der Waals surface area contributed by atoms with Crippen molar-refractivity contribution in [2.75, 3.05) is 13.2 Å². The molecule has 2 heteroatoms. The zero-order valence-electron chi connectivity index (χ0n) is 9.57. The molecular weight excluding hydrogens is 188 g/mol. The summed E-state index contributed by atoms with van der Waals surface area (Å²) < 4.78 is 5.37. The van der Waals surface area contributed by atoms with Gasteiger partial charge < -0.3 is 9.84 Å². The minimum Gasteiger partial charge on any atom is -0.494 e. The van der Waals surface area contributed by atoms with Crippen LogP contribution in [-0.2, 0) is 0 Å². The summed E-state index contributed by atoms with van der Waals surface area (Å²) in [5.41, 5.74) is 1.20. The van der Waals surface area contributed by atoms with Crippen LogP contribution in [0.5, 0.6) is 5.75 Å². The van der Waals surface area contributed by atoms with Gasteiger partial charge in [0.1, 0.15) is 5.75 Å². The minimum atomic E-state index is 0.224. The molecule has 0 heterocycles. The topological polar surface area (TPSA) is 29.5 Å². The SMILES string of the molecule is CCCC(CO)c1ccc(OCC)cc1. The van der Waals surface area contributed by atoms with Crippen LogP contribution in [0.1, 0.15) is 38.2 Å². The van der Waals surface area contributed by atoms with Crippen molar-refractivity contribution in [2.45, 2.75) is 32.6 Å². The molecule has 1 aromatic carbocycles. The lowest BCUT2D eigenvalue weighted by molar-refractivity contribution is 0.258. The number of benzene rings is 1. The molecule has 1 unspecified atom stereocenters. The normalized spacial score (nSPS) is 12.5. The van der Waals surface area contributed by atoms with Gasteiger partial charge in [-0.2, -0.15) is 0 Å². The van der Waals surface area contributed by atoms with Crippen molar-refractivity contribution in [1.29, 1.82) is 0 Å². The Morgan fingerprint density at radius 1 is 1.20 bits per heavy atom. The number of aliphatic hydroxyl groups excluding tert-OH is 1. The molecule has 15 heavy (non-hydrogen) atoms. The van der Waals surface area contributed by atoms with E-state index in [1.165, 1.54) is 5.56 Å². The average molecular weight is 208 g/mol. The van der Waals surface area contributed by atoms with Crippen molar-refractivity contribution in [2.24, 2.45) is 0 Å². The maximum atomic E-state index is 9.25. The molecule has 0 amide bonds. The van der Waals surface area contributed by atoms with Gasteiger partial charge in [-0.3, -0.25) is 0 Å². The van der Waals surface area contributed by atoms with E-state index in [2.05, 4.69) is 6.92 Å². The standard InChI is InChI=1S/C13H20O2/c1-3-5-12(10-14)11-6-8-13(9-7-11)15-4-2/h6-9,12,14H,3-5,10H2,1-2H3. The average Bonchev–Trinajstić information content (AvgIpc) is 2.28. The summed E-state index contributed by atoms with van der Waals surface area (Å²) in [7, 11) is 0. The smallest absolute Gasteiger partial charge is 0.119 e. The van der Waals surface area contributed by atoms with E-state index in [9.17, 15) is 5.11 Å². The van der Waals surface area contributed by atoms with Crippen LogP contribution >= 0.6 is 0 Å². The highest BCUT2D eigenvalue weighted by Gasteiger charge is 2.08. The lowest BCUT2D eigenvalue weighted by Gasteiger charge is -2.13. The third-order valence-corrected chi connectivity index (χ3v) is 2.52. The van der Waals surface area contributed by atoms with E-state index in [1.54, 1.807) is 0 Å². The third-order valence-electron chi connectivity index (χ3n) is 2.52. The van der Waals surface area contributed by atoms with Crippen LogP contribution in [0.3, 0.4) is 0 Å². The molecule has 1 N–H and O–H groups in total. The summed E-state index contributed by atoms with van der Waals surface area (Å²) in [6.07, 6.45) is 2.13. The second kappa shape index (κ2) is 6.46. The fourth-order valence-corrected chi connectivity index (χ4v) is 1.71. The number of ether oxygens (including phenoxy) is 1. The summed E-state index contributed by atoms with van der Waals surface area (Å²) in [5.74, 6) is 1.17. The molecule has 0 saturated heterocycles. The molecule has 0 bridgehead atoms. The Morgan fingerprint density at radius 2 is 1.87 bits per heavy atom. The second-order valence-electron chi connectivity index (χ2n) is 3.67. The van der Waals surface area contributed by atoms with Crippen molar-refractivity contribution in [3.8, 4) is 5.75 Å². The Bertz CT molecular complexity index is 266. The molecule has 0 saturated carbocycles. The van der Waals surface area contributed by atoms with Gasteiger partial charge in [0.2, 0.25) is 0 Å². The Labute approximate surface area is 91.9 Å². The van der Waals surface area contributed by atoms with Crippen LogP contribution in [0.25, 0.3) is 0 Å². The van der Waals surface area contributed by atoms with Gasteiger partial charge in [0.15, 0.2) is 0 Å². The first kappa shape index (κ1) is 12.1. The lowest BCUT2D eigenvalue weighted by atomic mass is 9.95. The van der Waals surface area contributed by atoms with Crippen LogP contribution in [0.4, 0.5) is 0 Å². The molecule has 2 nitrogen and oxygen atoms in total. The zero-order chi connectivity index (χ0) is 11.1. The number of hydrogen-bond donors (Lipinski definition) is 1. The van der Waals surface area contributed by atoms with E-state index < -0.39 is 0 Å². The van der Waals surface area contributed by atoms with Crippen molar-refractivity contribution < 1.29 is 9.84 Å². The highest BCUT2D eigenvalue weighted by Crippen LogP contribution is 2.23. The van der Waals surface area contributed by atoms with Gasteiger partial charge in [0.05, 0.1) is 6.61 Å². The van der Waals surface area contributed by atoms with Gasteiger partial charge in [-0.1, -0.05) is 25.5 Å². The molecule has 0 radical (unpaired) electrons. The lowest BCUT2D eigenvalue weighted by Crippen LogP contribution is -2.03. The van der Waals surface area contributed by atoms with Crippen LogP contribution in [0.2, 0.25) is 0 Å². The summed E-state index contributed by atoms with van der Waals surface area (Å²) in [6.45, 7) is 5.03. The van der Waals surface area contributed by atoms with Gasteiger partial charge in [-0.25, -0.2) is 0 Å². The molecule has 1 rings (SSSR count). The second-order valence-corrected chi connectivity index (χ2v) is 3.67. The van der Waals surface area contributed by atoms with Gasteiger partial charge in [-0.15, -0.1) is 0 Å². The minimum absolute atomic E-state index is 0.224. The molecule has 0 aliphatic rings. The van der Waals surface area contributed by atoms with E-state index in [-0.39, 0.29) is 12.5 Å². The van der Waals surface area contributed by atoms with Crippen molar-refractivity contribution in [1.82, 2.24) is 0 Å². The monoisotopic (exact) mass is 208 g/mol. The van der Waals surface area contributed by atoms with Gasteiger partial charge in [-0.05, 0) is 31.0 Å². The van der Waals surface area contributed by atoms with Gasteiger partial charge in [0, 0.05) is 12.5 Å². The van der Waals surface area contributed by atoms with Gasteiger partial charge in [0.25, 0.3) is 0 Å². The first-order chi connectivity index (χ1) is 7.31. The van der Waals surface area contributed by atoms with E-state index in [0.29, 0.717) is 6.61 Å². The highest BCUT2D eigenvalue weighted by molar-refractivity contribution is 5.29. The molecule has 1 aromatic rings. The molecule has 0 aromatic heterocycles. The summed E-state index contributed by atoms with van der Waals surface area (Å²) >= 11 is 0. The van der Waals surface area contributed by atoms with Crippen LogP contribution < -0.4 is 4.74 Å². The predicted octanol–water partition coefficient (Wildman–Crippen LogP) is 2.96. The fourth-order valence-electron chi connectivity index (χ4n) is 1.71. The number of hydrogen-bond acceptors (Lipinski definition) is 2.